The lowest BCUT2D eigenvalue weighted by Gasteiger charge is -2.11. The van der Waals surface area contributed by atoms with E-state index in [1.807, 2.05) is 6.92 Å². The Hall–Kier alpha value is -3.69. The van der Waals surface area contributed by atoms with Crippen LogP contribution in [0.2, 0.25) is 0 Å². The zero-order valence-electron chi connectivity index (χ0n) is 18.7. The molecule has 0 aliphatic rings. The van der Waals surface area contributed by atoms with Crippen molar-refractivity contribution in [2.24, 2.45) is 0 Å². The fraction of sp³-hybridized carbons (Fsp3) is 0.192. The third kappa shape index (κ3) is 6.10. The summed E-state index contributed by atoms with van der Waals surface area (Å²) in [6, 6.07) is 9.07. The quantitative estimate of drug-likeness (QED) is 0.179. The number of carbonyl (C=O) groups excluding carboxylic acids is 1. The van der Waals surface area contributed by atoms with Gasteiger partial charge in [0, 0.05) is 12.0 Å². The normalized spacial score (nSPS) is 12.4. The number of carbonyl (C=O) groups is 1. The molecule has 0 aliphatic heterocycles. The van der Waals surface area contributed by atoms with Gasteiger partial charge in [-0.2, -0.15) is 13.2 Å². The van der Waals surface area contributed by atoms with Crippen molar-refractivity contribution in [1.82, 2.24) is 0 Å². The monoisotopic (exact) mass is 514 g/mol. The molecule has 0 spiro atoms. The van der Waals surface area contributed by atoms with E-state index in [4.69, 9.17) is 4.74 Å². The van der Waals surface area contributed by atoms with E-state index in [1.165, 1.54) is 30.3 Å². The average Bonchev–Trinajstić information content (AvgIpc) is 2.82. The van der Waals surface area contributed by atoms with Gasteiger partial charge in [-0.1, -0.05) is 43.7 Å². The van der Waals surface area contributed by atoms with Crippen molar-refractivity contribution < 1.29 is 44.7 Å². The molecule has 0 bridgehead atoms. The largest absolute Gasteiger partial charge is 0.422 e. The summed E-state index contributed by atoms with van der Waals surface area (Å²) >= 11 is 0. The van der Waals surface area contributed by atoms with E-state index in [0.717, 1.165) is 12.1 Å². The van der Waals surface area contributed by atoms with E-state index >= 15 is 0 Å². The molecule has 0 heterocycles. The first kappa shape index (κ1) is 26.9. The molecule has 0 unspecified atom stereocenters. The van der Waals surface area contributed by atoms with E-state index in [1.54, 1.807) is 0 Å². The zero-order chi connectivity index (χ0) is 26.6. The first-order valence-electron chi connectivity index (χ1n) is 10.6. The van der Waals surface area contributed by atoms with Crippen LogP contribution in [0, 0.1) is 17.5 Å². The lowest BCUT2D eigenvalue weighted by atomic mass is 10.0. The van der Waals surface area contributed by atoms with E-state index in [2.05, 4.69) is 0 Å². The Labute approximate surface area is 200 Å². The molecule has 0 saturated heterocycles. The summed E-state index contributed by atoms with van der Waals surface area (Å²) in [5, 5.41) is 0. The zero-order valence-corrected chi connectivity index (χ0v) is 18.7. The molecule has 0 radical (unpaired) electrons. The molecule has 0 fully saturated rings. The molecule has 0 aromatic heterocycles. The van der Waals surface area contributed by atoms with Crippen LogP contribution in [-0.4, -0.2) is 5.97 Å². The molecule has 3 rings (SSSR count). The Morgan fingerprint density at radius 1 is 0.806 bits per heavy atom. The Morgan fingerprint density at radius 3 is 1.92 bits per heavy atom. The predicted octanol–water partition coefficient (Wildman–Crippen LogP) is 8.81. The second-order valence-corrected chi connectivity index (χ2v) is 7.75. The van der Waals surface area contributed by atoms with Gasteiger partial charge in [-0.3, -0.25) is 0 Å². The second kappa shape index (κ2) is 10.9. The SMILES string of the molecule is CCCCC(F)=C(F)c1ccc(-c2ccc(OC(=O)c3cc(F)c(C(F)(F)F)c(F)c3)c(F)c2)cc1. The van der Waals surface area contributed by atoms with Gasteiger partial charge < -0.3 is 4.74 Å². The molecular formula is C26H18F8O2. The summed E-state index contributed by atoms with van der Waals surface area (Å²) in [6.45, 7) is 1.85. The molecule has 0 aliphatic carbocycles. The van der Waals surface area contributed by atoms with Gasteiger partial charge in [0.25, 0.3) is 0 Å². The number of hydrogen-bond acceptors (Lipinski definition) is 2. The van der Waals surface area contributed by atoms with Gasteiger partial charge in [0.15, 0.2) is 17.4 Å². The number of halogens is 8. The molecular weight excluding hydrogens is 496 g/mol. The molecule has 2 nitrogen and oxygen atoms in total. The van der Waals surface area contributed by atoms with Crippen molar-refractivity contribution in [3.8, 4) is 16.9 Å². The smallest absolute Gasteiger partial charge is 0.420 e. The van der Waals surface area contributed by atoms with E-state index in [0.29, 0.717) is 18.4 Å². The van der Waals surface area contributed by atoms with Crippen LogP contribution in [0.25, 0.3) is 17.0 Å². The minimum Gasteiger partial charge on any atom is -0.420 e. The van der Waals surface area contributed by atoms with Crippen molar-refractivity contribution in [3.05, 3.63) is 94.6 Å². The lowest BCUT2D eigenvalue weighted by Crippen LogP contribution is -2.15. The van der Waals surface area contributed by atoms with Crippen molar-refractivity contribution in [3.63, 3.8) is 0 Å². The van der Waals surface area contributed by atoms with Crippen molar-refractivity contribution in [1.29, 1.82) is 0 Å². The average molecular weight is 514 g/mol. The van der Waals surface area contributed by atoms with Crippen LogP contribution in [0.5, 0.6) is 5.75 Å². The third-order valence-electron chi connectivity index (χ3n) is 5.16. The molecule has 10 heteroatoms. The van der Waals surface area contributed by atoms with Crippen molar-refractivity contribution >= 4 is 11.8 Å². The standard InChI is InChI=1S/C26H18F8O2/c1-2-3-4-18(27)24(31)15-7-5-14(6-8-15)16-9-10-22(19(28)11-16)36-25(35)17-12-20(29)23(21(30)13-17)26(32,33)34/h5-13H,2-4H2,1H3. The predicted molar refractivity (Wildman–Crippen MR) is 117 cm³/mol. The van der Waals surface area contributed by atoms with Crippen LogP contribution in [0.15, 0.2) is 60.4 Å². The number of ether oxygens (including phenoxy) is 1. The maximum absolute atomic E-state index is 14.5. The fourth-order valence-electron chi connectivity index (χ4n) is 3.29. The van der Waals surface area contributed by atoms with Crippen molar-refractivity contribution in [2.45, 2.75) is 32.4 Å². The molecule has 0 amide bonds. The van der Waals surface area contributed by atoms with E-state index < -0.39 is 58.1 Å². The van der Waals surface area contributed by atoms with Crippen molar-refractivity contribution in [2.75, 3.05) is 0 Å². The topological polar surface area (TPSA) is 26.3 Å². The van der Waals surface area contributed by atoms with E-state index in [9.17, 15) is 39.9 Å². The number of rotatable bonds is 7. The van der Waals surface area contributed by atoms with Gasteiger partial charge in [-0.25, -0.2) is 26.7 Å². The maximum Gasteiger partial charge on any atom is 0.422 e. The van der Waals surface area contributed by atoms with Gasteiger partial charge >= 0.3 is 12.1 Å². The molecule has 190 valence electrons. The summed E-state index contributed by atoms with van der Waals surface area (Å²) in [5.41, 5.74) is -2.35. The van der Waals surface area contributed by atoms with Gasteiger partial charge in [0.05, 0.1) is 5.56 Å². The minimum atomic E-state index is -5.32. The molecule has 0 saturated carbocycles. The highest BCUT2D eigenvalue weighted by molar-refractivity contribution is 5.91. The maximum atomic E-state index is 14.5. The lowest BCUT2D eigenvalue weighted by molar-refractivity contribution is -0.142. The van der Waals surface area contributed by atoms with Crippen LogP contribution in [0.4, 0.5) is 35.1 Å². The Morgan fingerprint density at radius 2 is 1.39 bits per heavy atom. The van der Waals surface area contributed by atoms with Crippen LogP contribution >= 0.6 is 0 Å². The van der Waals surface area contributed by atoms with Gasteiger partial charge in [-0.05, 0) is 41.8 Å². The van der Waals surface area contributed by atoms with Crippen LogP contribution < -0.4 is 4.74 Å². The first-order valence-corrected chi connectivity index (χ1v) is 10.6. The van der Waals surface area contributed by atoms with Gasteiger partial charge in [-0.15, -0.1) is 0 Å². The highest BCUT2D eigenvalue weighted by Crippen LogP contribution is 2.34. The number of hydrogen-bond donors (Lipinski definition) is 0. The summed E-state index contributed by atoms with van der Waals surface area (Å²) < 4.78 is 113. The second-order valence-electron chi connectivity index (χ2n) is 7.75. The van der Waals surface area contributed by atoms with Crippen LogP contribution in [-0.2, 0) is 6.18 Å². The molecule has 0 atom stereocenters. The minimum absolute atomic E-state index is 0.00869. The fourth-order valence-corrected chi connectivity index (χ4v) is 3.29. The first-order chi connectivity index (χ1) is 16.9. The molecule has 36 heavy (non-hydrogen) atoms. The van der Waals surface area contributed by atoms with Gasteiger partial charge in [0.1, 0.15) is 23.0 Å². The molecule has 3 aromatic rings. The summed E-state index contributed by atoms with van der Waals surface area (Å²) in [7, 11) is 0. The highest BCUT2D eigenvalue weighted by Gasteiger charge is 2.38. The number of esters is 1. The number of benzene rings is 3. The molecule has 3 aromatic carbocycles. The van der Waals surface area contributed by atoms with E-state index in [-0.39, 0.29) is 29.7 Å². The number of allylic oxidation sites excluding steroid dienone is 1. The van der Waals surface area contributed by atoms with Crippen LogP contribution in [0.1, 0.15) is 47.7 Å². The number of alkyl halides is 3. The summed E-state index contributed by atoms with van der Waals surface area (Å²) in [4.78, 5) is 12.1. The Kier molecular flexibility index (Phi) is 8.17. The summed E-state index contributed by atoms with van der Waals surface area (Å²) in [5.74, 6) is -9.09. The van der Waals surface area contributed by atoms with Crippen LogP contribution in [0.3, 0.4) is 0 Å². The Balaban J connectivity index is 1.78. The third-order valence-corrected chi connectivity index (χ3v) is 5.16. The molecule has 0 N–H and O–H groups in total. The van der Waals surface area contributed by atoms with Gasteiger partial charge in [0.2, 0.25) is 0 Å². The summed E-state index contributed by atoms with van der Waals surface area (Å²) in [6.07, 6.45) is -4.14. The Bertz CT molecular complexity index is 1270. The highest BCUT2D eigenvalue weighted by atomic mass is 19.4. The number of unbranched alkanes of at least 4 members (excludes halogenated alkanes) is 1.